The second-order valence-corrected chi connectivity index (χ2v) is 5.83. The predicted molar refractivity (Wildman–Crippen MR) is 91.2 cm³/mol. The van der Waals surface area contributed by atoms with Crippen molar-refractivity contribution in [3.05, 3.63) is 71.9 Å². The predicted octanol–water partition coefficient (Wildman–Crippen LogP) is 3.49. The van der Waals surface area contributed by atoms with Gasteiger partial charge in [-0.15, -0.1) is 0 Å². The summed E-state index contributed by atoms with van der Waals surface area (Å²) < 4.78 is 2.07. The maximum atomic E-state index is 11.9. The third kappa shape index (κ3) is 2.32. The maximum Gasteiger partial charge on any atom is 0.245 e. The van der Waals surface area contributed by atoms with Gasteiger partial charge in [-0.05, 0) is 11.6 Å². The molecule has 1 fully saturated rings. The molecule has 0 bridgehead atoms. The van der Waals surface area contributed by atoms with E-state index in [0.717, 1.165) is 22.0 Å². The summed E-state index contributed by atoms with van der Waals surface area (Å²) in [6.45, 7) is 0. The van der Waals surface area contributed by atoms with Crippen molar-refractivity contribution in [1.82, 2.24) is 9.58 Å². The Labute approximate surface area is 134 Å². The molecule has 1 amide bonds. The molecule has 0 radical (unpaired) electrons. The number of amides is 1. The fraction of sp³-hybridized carbons (Fsp3) is 0.158. The van der Waals surface area contributed by atoms with Crippen LogP contribution in [-0.2, 0) is 11.8 Å². The van der Waals surface area contributed by atoms with Gasteiger partial charge in [-0.2, -0.15) is 5.10 Å². The first-order valence-corrected chi connectivity index (χ1v) is 7.69. The van der Waals surface area contributed by atoms with Gasteiger partial charge in [0.25, 0.3) is 0 Å². The smallest absolute Gasteiger partial charge is 0.245 e. The van der Waals surface area contributed by atoms with E-state index in [9.17, 15) is 4.79 Å². The van der Waals surface area contributed by atoms with Crippen LogP contribution in [0.15, 0.2) is 65.9 Å². The number of hydrazone groups is 1. The van der Waals surface area contributed by atoms with Crippen LogP contribution < -0.4 is 0 Å². The van der Waals surface area contributed by atoms with Gasteiger partial charge in [-0.1, -0.05) is 48.5 Å². The van der Waals surface area contributed by atoms with Crippen molar-refractivity contribution in [2.45, 2.75) is 12.5 Å². The van der Waals surface area contributed by atoms with E-state index in [1.807, 2.05) is 55.7 Å². The molecule has 1 saturated heterocycles. The van der Waals surface area contributed by atoms with Gasteiger partial charge in [0.2, 0.25) is 5.91 Å². The molecular weight excluding hydrogens is 286 g/mol. The van der Waals surface area contributed by atoms with Crippen LogP contribution in [0.2, 0.25) is 0 Å². The van der Waals surface area contributed by atoms with Crippen LogP contribution in [0.3, 0.4) is 0 Å². The number of benzene rings is 2. The number of nitrogens with zero attached hydrogens (tertiary/aromatic N) is 3. The highest BCUT2D eigenvalue weighted by molar-refractivity contribution is 5.99. The van der Waals surface area contributed by atoms with Gasteiger partial charge in [0.15, 0.2) is 0 Å². The number of aryl methyl sites for hydroxylation is 1. The Bertz CT molecular complexity index is 895. The van der Waals surface area contributed by atoms with Gasteiger partial charge >= 0.3 is 0 Å². The molecule has 0 N–H and O–H groups in total. The Morgan fingerprint density at radius 2 is 1.83 bits per heavy atom. The molecule has 2 heterocycles. The van der Waals surface area contributed by atoms with Crippen LogP contribution in [0.4, 0.5) is 0 Å². The highest BCUT2D eigenvalue weighted by Crippen LogP contribution is 2.34. The van der Waals surface area contributed by atoms with Gasteiger partial charge in [-0.25, -0.2) is 5.01 Å². The van der Waals surface area contributed by atoms with E-state index in [1.165, 1.54) is 0 Å². The number of fused-ring (bicyclic) bond motifs is 1. The summed E-state index contributed by atoms with van der Waals surface area (Å²) in [6, 6.07) is 18.3. The van der Waals surface area contributed by atoms with Crippen LogP contribution >= 0.6 is 0 Å². The Hall–Kier alpha value is -2.88. The van der Waals surface area contributed by atoms with Crippen LogP contribution in [0, 0.1) is 0 Å². The molecule has 1 aliphatic heterocycles. The molecule has 114 valence electrons. The van der Waals surface area contributed by atoms with E-state index in [1.54, 1.807) is 11.2 Å². The summed E-state index contributed by atoms with van der Waals surface area (Å²) in [6.07, 6.45) is 4.35. The molecule has 0 aliphatic carbocycles. The molecule has 4 heteroatoms. The number of β-lactam (4-membered cyclic amide) rings is 1. The lowest BCUT2D eigenvalue weighted by Gasteiger charge is -2.36. The number of hydrogen-bond donors (Lipinski definition) is 0. The van der Waals surface area contributed by atoms with E-state index < -0.39 is 0 Å². The van der Waals surface area contributed by atoms with Crippen LogP contribution in [0.25, 0.3) is 10.9 Å². The largest absolute Gasteiger partial charge is 0.350 e. The fourth-order valence-electron chi connectivity index (χ4n) is 3.09. The number of hydrogen-bond acceptors (Lipinski definition) is 2. The zero-order chi connectivity index (χ0) is 15.8. The van der Waals surface area contributed by atoms with Crippen LogP contribution in [-0.4, -0.2) is 21.7 Å². The number of rotatable bonds is 3. The standard InChI is InChI=1S/C19H17N3O/c1-21-13-15(16-9-5-6-10-17(16)21)12-20-22-18(11-19(22)23)14-7-3-2-4-8-14/h2-10,12-13,18H,11H2,1H3/b20-12+. The van der Waals surface area contributed by atoms with E-state index in [0.29, 0.717) is 6.42 Å². The molecule has 1 aliphatic rings. The Morgan fingerprint density at radius 1 is 1.09 bits per heavy atom. The summed E-state index contributed by atoms with van der Waals surface area (Å²) in [5.74, 6) is 0.0651. The van der Waals surface area contributed by atoms with Gasteiger partial charge in [0.05, 0.1) is 18.7 Å². The minimum Gasteiger partial charge on any atom is -0.350 e. The minimum atomic E-state index is 0.0509. The van der Waals surface area contributed by atoms with Crippen molar-refractivity contribution in [3.63, 3.8) is 0 Å². The van der Waals surface area contributed by atoms with E-state index in [2.05, 4.69) is 21.8 Å². The van der Waals surface area contributed by atoms with E-state index in [4.69, 9.17) is 0 Å². The lowest BCUT2D eigenvalue weighted by atomic mass is 9.96. The third-order valence-electron chi connectivity index (χ3n) is 4.35. The van der Waals surface area contributed by atoms with Crippen LogP contribution in [0.5, 0.6) is 0 Å². The molecule has 1 unspecified atom stereocenters. The molecule has 2 aromatic carbocycles. The summed E-state index contributed by atoms with van der Waals surface area (Å²) in [7, 11) is 2.02. The Morgan fingerprint density at radius 3 is 2.61 bits per heavy atom. The molecule has 1 aromatic heterocycles. The van der Waals surface area contributed by atoms with Crippen molar-refractivity contribution in [1.29, 1.82) is 0 Å². The zero-order valence-electron chi connectivity index (χ0n) is 12.9. The number of aromatic nitrogens is 1. The highest BCUT2D eigenvalue weighted by atomic mass is 16.2. The van der Waals surface area contributed by atoms with Crippen molar-refractivity contribution in [2.75, 3.05) is 0 Å². The molecule has 0 spiro atoms. The maximum absolute atomic E-state index is 11.9. The van der Waals surface area contributed by atoms with Gasteiger partial charge < -0.3 is 4.57 Å². The first kappa shape index (κ1) is 13.8. The number of carbonyl (C=O) groups excluding carboxylic acids is 1. The van der Waals surface area contributed by atoms with Gasteiger partial charge in [-0.3, -0.25) is 4.79 Å². The topological polar surface area (TPSA) is 37.6 Å². The second-order valence-electron chi connectivity index (χ2n) is 5.83. The fourth-order valence-corrected chi connectivity index (χ4v) is 3.09. The molecule has 23 heavy (non-hydrogen) atoms. The first-order valence-electron chi connectivity index (χ1n) is 7.69. The normalized spacial score (nSPS) is 17.9. The number of carbonyl (C=O) groups is 1. The van der Waals surface area contributed by atoms with Crippen molar-refractivity contribution < 1.29 is 4.79 Å². The Balaban J connectivity index is 1.63. The molecule has 4 rings (SSSR count). The molecule has 4 nitrogen and oxygen atoms in total. The summed E-state index contributed by atoms with van der Waals surface area (Å²) in [5.41, 5.74) is 3.31. The van der Waals surface area contributed by atoms with Gasteiger partial charge in [0, 0.05) is 29.7 Å². The van der Waals surface area contributed by atoms with Crippen molar-refractivity contribution in [2.24, 2.45) is 12.1 Å². The summed E-state index contributed by atoms with van der Waals surface area (Å²) in [4.78, 5) is 11.9. The van der Waals surface area contributed by atoms with Crippen molar-refractivity contribution >= 4 is 23.0 Å². The monoisotopic (exact) mass is 303 g/mol. The minimum absolute atomic E-state index is 0.0509. The molecule has 3 aromatic rings. The quantitative estimate of drug-likeness (QED) is 0.539. The third-order valence-corrected chi connectivity index (χ3v) is 4.35. The van der Waals surface area contributed by atoms with Gasteiger partial charge in [0.1, 0.15) is 0 Å². The van der Waals surface area contributed by atoms with Crippen molar-refractivity contribution in [3.8, 4) is 0 Å². The van der Waals surface area contributed by atoms with E-state index in [-0.39, 0.29) is 11.9 Å². The lowest BCUT2D eigenvalue weighted by molar-refractivity contribution is -0.146. The zero-order valence-corrected chi connectivity index (χ0v) is 12.9. The highest BCUT2D eigenvalue weighted by Gasteiger charge is 2.37. The van der Waals surface area contributed by atoms with Crippen LogP contribution in [0.1, 0.15) is 23.6 Å². The molecule has 1 atom stereocenters. The summed E-state index contributed by atoms with van der Waals surface area (Å²) >= 11 is 0. The average molecular weight is 303 g/mol. The SMILES string of the molecule is Cn1cc(/C=N/N2C(=O)CC2c2ccccc2)c2ccccc21. The first-order chi connectivity index (χ1) is 11.2. The summed E-state index contributed by atoms with van der Waals surface area (Å²) in [5, 5.41) is 7.17. The average Bonchev–Trinajstić information content (AvgIpc) is 2.90. The molecular formula is C19H17N3O. The second kappa shape index (κ2) is 5.39. The Kier molecular flexibility index (Phi) is 3.23. The molecule has 0 saturated carbocycles. The van der Waals surface area contributed by atoms with E-state index >= 15 is 0 Å². The number of para-hydroxylation sites is 1. The lowest BCUT2D eigenvalue weighted by Crippen LogP contribution is -2.42.